The Labute approximate surface area is 214 Å². The number of hydrogen-bond acceptors (Lipinski definition) is 7. The second kappa shape index (κ2) is 11.4. The molecule has 2 aromatic rings. The molecular formula is C25H29N5O5S. The molecule has 2 saturated heterocycles. The van der Waals surface area contributed by atoms with E-state index in [0.29, 0.717) is 49.2 Å². The van der Waals surface area contributed by atoms with Crippen LogP contribution < -0.4 is 15.5 Å². The number of thiocarbonyl (C=S) groups is 1. The highest BCUT2D eigenvalue weighted by molar-refractivity contribution is 7.80. The molecule has 11 heteroatoms. The third-order valence-electron chi connectivity index (χ3n) is 6.47. The molecule has 0 aromatic heterocycles. The summed E-state index contributed by atoms with van der Waals surface area (Å²) in [7, 11) is 0. The number of rotatable bonds is 5. The second-order valence-corrected chi connectivity index (χ2v) is 9.43. The summed E-state index contributed by atoms with van der Waals surface area (Å²) in [5, 5.41) is 17.2. The smallest absolute Gasteiger partial charge is 0.293 e. The van der Waals surface area contributed by atoms with Gasteiger partial charge in [0.15, 0.2) is 5.11 Å². The number of nitro groups is 1. The van der Waals surface area contributed by atoms with E-state index in [0.717, 1.165) is 25.9 Å². The average molecular weight is 512 g/mol. The van der Waals surface area contributed by atoms with Crippen molar-refractivity contribution < 1.29 is 19.2 Å². The summed E-state index contributed by atoms with van der Waals surface area (Å²) in [6.07, 6.45) is 1.95. The highest BCUT2D eigenvalue weighted by Crippen LogP contribution is 2.32. The summed E-state index contributed by atoms with van der Waals surface area (Å²) in [6, 6.07) is 11.3. The van der Waals surface area contributed by atoms with Gasteiger partial charge >= 0.3 is 0 Å². The average Bonchev–Trinajstić information content (AvgIpc) is 2.89. The molecule has 10 nitrogen and oxygen atoms in total. The summed E-state index contributed by atoms with van der Waals surface area (Å²) in [5.41, 5.74) is 1.71. The molecule has 0 aliphatic carbocycles. The van der Waals surface area contributed by atoms with Gasteiger partial charge in [-0.05, 0) is 67.4 Å². The van der Waals surface area contributed by atoms with E-state index in [-0.39, 0.29) is 22.3 Å². The number of anilines is 2. The van der Waals surface area contributed by atoms with Gasteiger partial charge in [0.05, 0.1) is 18.1 Å². The summed E-state index contributed by atoms with van der Waals surface area (Å²) in [6.45, 7) is 5.86. The predicted octanol–water partition coefficient (Wildman–Crippen LogP) is 3.43. The van der Waals surface area contributed by atoms with Gasteiger partial charge in [0, 0.05) is 49.1 Å². The Hall–Kier alpha value is -3.57. The Bertz CT molecular complexity index is 1140. The molecule has 0 bridgehead atoms. The van der Waals surface area contributed by atoms with Gasteiger partial charge in [0.1, 0.15) is 5.69 Å². The van der Waals surface area contributed by atoms with Crippen LogP contribution in [0, 0.1) is 16.0 Å². The van der Waals surface area contributed by atoms with Crippen LogP contribution in [0.5, 0.6) is 0 Å². The quantitative estimate of drug-likeness (QED) is 0.356. The highest BCUT2D eigenvalue weighted by Gasteiger charge is 2.25. The topological polar surface area (TPSA) is 117 Å². The number of nitrogens with zero attached hydrogens (tertiary/aromatic N) is 3. The molecule has 0 spiro atoms. The molecular weight excluding hydrogens is 482 g/mol. The summed E-state index contributed by atoms with van der Waals surface area (Å²) in [4.78, 5) is 40.3. The van der Waals surface area contributed by atoms with Crippen LogP contribution in [-0.2, 0) is 4.74 Å². The molecule has 2 amide bonds. The van der Waals surface area contributed by atoms with Gasteiger partial charge in [-0.15, -0.1) is 0 Å². The second-order valence-electron chi connectivity index (χ2n) is 9.02. The van der Waals surface area contributed by atoms with Crippen molar-refractivity contribution in [2.24, 2.45) is 5.92 Å². The molecule has 2 heterocycles. The lowest BCUT2D eigenvalue weighted by molar-refractivity contribution is -0.384. The molecule has 0 unspecified atom stereocenters. The van der Waals surface area contributed by atoms with Crippen molar-refractivity contribution in [2.75, 3.05) is 49.6 Å². The monoisotopic (exact) mass is 511 g/mol. The van der Waals surface area contributed by atoms with E-state index < -0.39 is 10.8 Å². The minimum absolute atomic E-state index is 0.0454. The zero-order valence-corrected chi connectivity index (χ0v) is 20.9. The number of benzene rings is 2. The van der Waals surface area contributed by atoms with E-state index >= 15 is 0 Å². The third-order valence-corrected chi connectivity index (χ3v) is 6.68. The van der Waals surface area contributed by atoms with Crippen molar-refractivity contribution in [3.05, 3.63) is 63.7 Å². The Balaban J connectivity index is 1.37. The number of piperidine rings is 1. The number of nitrogens with one attached hydrogen (secondary N) is 2. The van der Waals surface area contributed by atoms with Crippen molar-refractivity contribution in [1.82, 2.24) is 10.2 Å². The number of ether oxygens (including phenoxy) is 1. The van der Waals surface area contributed by atoms with Crippen molar-refractivity contribution in [2.45, 2.75) is 19.8 Å². The fourth-order valence-corrected chi connectivity index (χ4v) is 4.52. The Morgan fingerprint density at radius 1 is 1.03 bits per heavy atom. The zero-order chi connectivity index (χ0) is 25.7. The minimum atomic E-state index is -0.548. The molecule has 2 aromatic carbocycles. The first-order valence-corrected chi connectivity index (χ1v) is 12.4. The summed E-state index contributed by atoms with van der Waals surface area (Å²) >= 11 is 5.25. The van der Waals surface area contributed by atoms with Crippen LogP contribution in [0.25, 0.3) is 0 Å². The van der Waals surface area contributed by atoms with Crippen LogP contribution in [0.4, 0.5) is 17.1 Å². The molecule has 2 N–H and O–H groups in total. The van der Waals surface area contributed by atoms with Gasteiger partial charge in [-0.3, -0.25) is 25.0 Å². The van der Waals surface area contributed by atoms with Gasteiger partial charge in [-0.1, -0.05) is 6.92 Å². The normalized spacial score (nSPS) is 16.4. The van der Waals surface area contributed by atoms with Gasteiger partial charge in [-0.25, -0.2) is 0 Å². The largest absolute Gasteiger partial charge is 0.378 e. The Morgan fingerprint density at radius 2 is 1.67 bits per heavy atom. The number of amides is 2. The van der Waals surface area contributed by atoms with E-state index in [1.54, 1.807) is 41.3 Å². The van der Waals surface area contributed by atoms with Crippen molar-refractivity contribution >= 4 is 46.2 Å². The van der Waals surface area contributed by atoms with E-state index in [2.05, 4.69) is 17.6 Å². The number of hydrogen-bond donors (Lipinski definition) is 2. The summed E-state index contributed by atoms with van der Waals surface area (Å²) in [5.74, 6) is -0.0151. The lowest BCUT2D eigenvalue weighted by Gasteiger charge is -2.31. The fourth-order valence-electron chi connectivity index (χ4n) is 4.31. The standard InChI is InChI=1S/C25H29N5O5S/c1-17-8-10-28(11-9-17)21-7-4-19(16-22(21)30(33)34)23(31)27-25(36)26-20-5-2-18(3-6-20)24(32)29-12-14-35-15-13-29/h2-7,16-17H,8-15H2,1H3,(H2,26,27,31,36). The van der Waals surface area contributed by atoms with Crippen molar-refractivity contribution in [1.29, 1.82) is 0 Å². The molecule has 0 saturated carbocycles. The van der Waals surface area contributed by atoms with Crippen LogP contribution in [-0.4, -0.2) is 66.1 Å². The molecule has 0 radical (unpaired) electrons. The number of nitro benzene ring substituents is 1. The SMILES string of the molecule is CC1CCN(c2ccc(C(=O)NC(=S)Nc3ccc(C(=O)N4CCOCC4)cc3)cc2[N+](=O)[O-])CC1. The molecule has 0 atom stereocenters. The van der Waals surface area contributed by atoms with Gasteiger partial charge in [-0.2, -0.15) is 0 Å². The molecule has 2 fully saturated rings. The molecule has 2 aliphatic heterocycles. The molecule has 2 aliphatic rings. The lowest BCUT2D eigenvalue weighted by atomic mass is 9.98. The van der Waals surface area contributed by atoms with E-state index in [9.17, 15) is 19.7 Å². The van der Waals surface area contributed by atoms with Crippen molar-refractivity contribution in [3.63, 3.8) is 0 Å². The first-order valence-electron chi connectivity index (χ1n) is 11.9. The molecule has 190 valence electrons. The first kappa shape index (κ1) is 25.5. The maximum absolute atomic E-state index is 12.7. The number of carbonyl (C=O) groups is 2. The predicted molar refractivity (Wildman–Crippen MR) is 141 cm³/mol. The zero-order valence-electron chi connectivity index (χ0n) is 20.1. The molecule has 36 heavy (non-hydrogen) atoms. The maximum atomic E-state index is 12.7. The maximum Gasteiger partial charge on any atom is 0.293 e. The highest BCUT2D eigenvalue weighted by atomic mass is 32.1. The fraction of sp³-hybridized carbons (Fsp3) is 0.400. The number of morpholine rings is 1. The van der Waals surface area contributed by atoms with Crippen LogP contribution in [0.1, 0.15) is 40.5 Å². The van der Waals surface area contributed by atoms with E-state index in [1.165, 1.54) is 6.07 Å². The molecule has 4 rings (SSSR count). The van der Waals surface area contributed by atoms with Gasteiger partial charge in [0.25, 0.3) is 17.5 Å². The third kappa shape index (κ3) is 6.16. The first-order chi connectivity index (χ1) is 17.3. The Kier molecular flexibility index (Phi) is 8.11. The van der Waals surface area contributed by atoms with Crippen molar-refractivity contribution in [3.8, 4) is 0 Å². The van der Waals surface area contributed by atoms with Crippen LogP contribution >= 0.6 is 12.2 Å². The van der Waals surface area contributed by atoms with Gasteiger partial charge < -0.3 is 19.9 Å². The van der Waals surface area contributed by atoms with Crippen LogP contribution in [0.15, 0.2) is 42.5 Å². The van der Waals surface area contributed by atoms with E-state index in [4.69, 9.17) is 17.0 Å². The summed E-state index contributed by atoms with van der Waals surface area (Å²) < 4.78 is 5.28. The van der Waals surface area contributed by atoms with E-state index in [1.807, 2.05) is 4.90 Å². The van der Waals surface area contributed by atoms with Gasteiger partial charge in [0.2, 0.25) is 0 Å². The van der Waals surface area contributed by atoms with Crippen LogP contribution in [0.2, 0.25) is 0 Å². The minimum Gasteiger partial charge on any atom is -0.378 e. The lowest BCUT2D eigenvalue weighted by Crippen LogP contribution is -2.40. The number of carbonyl (C=O) groups excluding carboxylic acids is 2. The Morgan fingerprint density at radius 3 is 2.31 bits per heavy atom. The van der Waals surface area contributed by atoms with Crippen LogP contribution in [0.3, 0.4) is 0 Å².